The number of rotatable bonds is 8. The predicted molar refractivity (Wildman–Crippen MR) is 111 cm³/mol. The van der Waals surface area contributed by atoms with E-state index in [1.807, 2.05) is 37.3 Å². The molecule has 0 bridgehead atoms. The van der Waals surface area contributed by atoms with Crippen LogP contribution in [-0.2, 0) is 27.2 Å². The van der Waals surface area contributed by atoms with Crippen molar-refractivity contribution in [3.05, 3.63) is 68.7 Å². The van der Waals surface area contributed by atoms with Gasteiger partial charge < -0.3 is 18.9 Å². The third-order valence-electron chi connectivity index (χ3n) is 5.40. The molecular weight excluding hydrogens is 410 g/mol. The van der Waals surface area contributed by atoms with E-state index in [0.717, 1.165) is 12.0 Å². The van der Waals surface area contributed by atoms with Crippen LogP contribution < -0.4 is 4.74 Å². The topological polar surface area (TPSA) is 80.1 Å². The number of benzene rings is 2. The maximum atomic E-state index is 11.3. The first kappa shape index (κ1) is 21.1. The molecule has 0 unspecified atom stereocenters. The molecular formula is C22H24ClNO6. The van der Waals surface area contributed by atoms with E-state index >= 15 is 0 Å². The van der Waals surface area contributed by atoms with Crippen molar-refractivity contribution in [2.24, 2.45) is 0 Å². The summed E-state index contributed by atoms with van der Waals surface area (Å²) in [5.74, 6) is 0.414. The van der Waals surface area contributed by atoms with Crippen molar-refractivity contribution >= 4 is 17.3 Å². The number of aryl methyl sites for hydroxylation is 1. The Labute approximate surface area is 180 Å². The van der Waals surface area contributed by atoms with Gasteiger partial charge >= 0.3 is 0 Å². The molecule has 2 fully saturated rings. The van der Waals surface area contributed by atoms with Gasteiger partial charge in [0.1, 0.15) is 24.1 Å². The molecule has 7 nitrogen and oxygen atoms in total. The summed E-state index contributed by atoms with van der Waals surface area (Å²) in [7, 11) is 0. The van der Waals surface area contributed by atoms with Gasteiger partial charge in [-0.1, -0.05) is 55.3 Å². The lowest BCUT2D eigenvalue weighted by molar-refractivity contribution is -0.385. The van der Waals surface area contributed by atoms with Gasteiger partial charge in [0.25, 0.3) is 5.69 Å². The summed E-state index contributed by atoms with van der Waals surface area (Å²) < 4.78 is 23.9. The van der Waals surface area contributed by atoms with Gasteiger partial charge in [-0.15, -0.1) is 0 Å². The number of fused-ring (bicyclic) bond motifs is 1. The van der Waals surface area contributed by atoms with Crippen molar-refractivity contribution in [3.8, 4) is 5.75 Å². The fraction of sp³-hybridized carbons (Fsp3) is 0.455. The van der Waals surface area contributed by atoms with E-state index in [-0.39, 0.29) is 35.1 Å². The van der Waals surface area contributed by atoms with Crippen LogP contribution >= 0.6 is 11.6 Å². The first-order chi connectivity index (χ1) is 14.6. The number of halogens is 1. The van der Waals surface area contributed by atoms with Crippen molar-refractivity contribution in [2.75, 3.05) is 13.2 Å². The largest absolute Gasteiger partial charge is 0.484 e. The minimum Gasteiger partial charge on any atom is -0.484 e. The Morgan fingerprint density at radius 3 is 2.53 bits per heavy atom. The smallest absolute Gasteiger partial charge is 0.274 e. The second-order valence-corrected chi connectivity index (χ2v) is 7.91. The summed E-state index contributed by atoms with van der Waals surface area (Å²) >= 11 is 6.28. The van der Waals surface area contributed by atoms with Gasteiger partial charge in [-0.2, -0.15) is 0 Å². The van der Waals surface area contributed by atoms with Gasteiger partial charge in [0.05, 0.1) is 29.8 Å². The van der Waals surface area contributed by atoms with Crippen LogP contribution in [-0.4, -0.2) is 42.6 Å². The van der Waals surface area contributed by atoms with Crippen LogP contribution in [0.5, 0.6) is 5.75 Å². The standard InChI is InChI=1S/C22H24ClNO6/c1-2-6-15-9-18(16(23)10-17(15)24(25)26)30-20-13-29-21-19(12-28-22(20)21)27-11-14-7-4-3-5-8-14/h3-5,7-10,19-22H,2,6,11-13H2,1H3/t19-,20-,21-,22-/m1/s1. The maximum Gasteiger partial charge on any atom is 0.274 e. The zero-order valence-corrected chi connectivity index (χ0v) is 17.4. The Kier molecular flexibility index (Phi) is 6.53. The van der Waals surface area contributed by atoms with E-state index in [1.165, 1.54) is 6.07 Å². The van der Waals surface area contributed by atoms with E-state index in [1.54, 1.807) is 6.07 Å². The molecule has 160 valence electrons. The molecule has 0 amide bonds. The zero-order valence-electron chi connectivity index (χ0n) is 16.7. The zero-order chi connectivity index (χ0) is 21.1. The average Bonchev–Trinajstić information content (AvgIpc) is 3.32. The van der Waals surface area contributed by atoms with Crippen LogP contribution in [0.1, 0.15) is 24.5 Å². The van der Waals surface area contributed by atoms with E-state index in [9.17, 15) is 10.1 Å². The molecule has 0 saturated carbocycles. The van der Waals surface area contributed by atoms with Crippen molar-refractivity contribution in [1.82, 2.24) is 0 Å². The van der Waals surface area contributed by atoms with E-state index < -0.39 is 4.92 Å². The minimum absolute atomic E-state index is 0.0150. The average molecular weight is 434 g/mol. The van der Waals surface area contributed by atoms with E-state index in [4.69, 9.17) is 30.5 Å². The molecule has 2 aromatic rings. The highest BCUT2D eigenvalue weighted by Crippen LogP contribution is 2.37. The second kappa shape index (κ2) is 9.31. The molecule has 2 aliphatic heterocycles. The molecule has 0 aromatic heterocycles. The Morgan fingerprint density at radius 1 is 1.13 bits per heavy atom. The molecule has 0 N–H and O–H groups in total. The number of hydrogen-bond donors (Lipinski definition) is 0. The monoisotopic (exact) mass is 433 g/mol. The molecule has 2 heterocycles. The van der Waals surface area contributed by atoms with Gasteiger partial charge in [0.2, 0.25) is 0 Å². The lowest BCUT2D eigenvalue weighted by Crippen LogP contribution is -2.35. The number of hydrogen-bond acceptors (Lipinski definition) is 6. The Balaban J connectivity index is 1.42. The lowest BCUT2D eigenvalue weighted by Gasteiger charge is -2.19. The highest BCUT2D eigenvalue weighted by molar-refractivity contribution is 6.32. The van der Waals surface area contributed by atoms with Gasteiger partial charge in [-0.25, -0.2) is 0 Å². The van der Waals surface area contributed by atoms with Crippen LogP contribution in [0.15, 0.2) is 42.5 Å². The molecule has 4 rings (SSSR count). The molecule has 30 heavy (non-hydrogen) atoms. The van der Waals surface area contributed by atoms with Crippen LogP contribution in [0.4, 0.5) is 5.69 Å². The van der Waals surface area contributed by atoms with Gasteiger partial charge in [-0.05, 0) is 18.1 Å². The molecule has 2 aliphatic rings. The maximum absolute atomic E-state index is 11.3. The molecule has 2 aromatic carbocycles. The Morgan fingerprint density at radius 2 is 1.83 bits per heavy atom. The number of nitro groups is 1. The normalized spacial score (nSPS) is 25.3. The van der Waals surface area contributed by atoms with Gasteiger partial charge in [-0.3, -0.25) is 10.1 Å². The summed E-state index contributed by atoms with van der Waals surface area (Å²) in [4.78, 5) is 10.9. The first-order valence-electron chi connectivity index (χ1n) is 10.1. The van der Waals surface area contributed by atoms with Gasteiger partial charge in [0, 0.05) is 11.6 Å². The quantitative estimate of drug-likeness (QED) is 0.455. The van der Waals surface area contributed by atoms with Crippen LogP contribution in [0.2, 0.25) is 5.02 Å². The van der Waals surface area contributed by atoms with Crippen molar-refractivity contribution in [3.63, 3.8) is 0 Å². The highest BCUT2D eigenvalue weighted by Gasteiger charge is 2.49. The van der Waals surface area contributed by atoms with Crippen LogP contribution in [0, 0.1) is 10.1 Å². The number of ether oxygens (including phenoxy) is 4. The number of nitro benzene ring substituents is 1. The van der Waals surface area contributed by atoms with Gasteiger partial charge in [0.15, 0.2) is 6.10 Å². The Hall–Kier alpha value is -2.19. The Bertz CT molecular complexity index is 893. The molecule has 2 saturated heterocycles. The summed E-state index contributed by atoms with van der Waals surface area (Å²) in [6.45, 7) is 3.23. The molecule has 0 spiro atoms. The van der Waals surface area contributed by atoms with E-state index in [2.05, 4.69) is 0 Å². The van der Waals surface area contributed by atoms with Crippen LogP contribution in [0.25, 0.3) is 0 Å². The summed E-state index contributed by atoms with van der Waals surface area (Å²) in [6, 6.07) is 13.0. The summed E-state index contributed by atoms with van der Waals surface area (Å²) in [6.07, 6.45) is 0.337. The van der Waals surface area contributed by atoms with Crippen LogP contribution in [0.3, 0.4) is 0 Å². The first-order valence-corrected chi connectivity index (χ1v) is 10.5. The molecule has 4 atom stereocenters. The third-order valence-corrected chi connectivity index (χ3v) is 5.69. The number of nitrogens with zero attached hydrogens (tertiary/aromatic N) is 1. The molecule has 0 radical (unpaired) electrons. The van der Waals surface area contributed by atoms with Crippen molar-refractivity contribution < 1.29 is 23.9 Å². The van der Waals surface area contributed by atoms with E-state index in [0.29, 0.717) is 37.6 Å². The summed E-state index contributed by atoms with van der Waals surface area (Å²) in [5, 5.41) is 11.5. The lowest BCUT2D eigenvalue weighted by atomic mass is 10.1. The third kappa shape index (κ3) is 4.44. The second-order valence-electron chi connectivity index (χ2n) is 7.51. The summed E-state index contributed by atoms with van der Waals surface area (Å²) in [5.41, 5.74) is 1.71. The predicted octanol–water partition coefficient (Wildman–Crippen LogP) is 4.33. The minimum atomic E-state index is -0.413. The SMILES string of the molecule is CCCc1cc(O[C@@H]2CO[C@H]3[C@@H]2OC[C@H]3OCc2ccccc2)c(Cl)cc1[N+](=O)[O-]. The molecule has 8 heteroatoms. The van der Waals surface area contributed by atoms with Crippen molar-refractivity contribution in [2.45, 2.75) is 50.8 Å². The fourth-order valence-corrected chi connectivity index (χ4v) is 4.13. The molecule has 0 aliphatic carbocycles. The highest BCUT2D eigenvalue weighted by atomic mass is 35.5. The van der Waals surface area contributed by atoms with Crippen molar-refractivity contribution in [1.29, 1.82) is 0 Å². The fourth-order valence-electron chi connectivity index (χ4n) is 3.93.